The number of aromatic hydroxyl groups is 1. The number of aliphatic hydroxyl groups excluding tert-OH is 2. The second-order valence-electron chi connectivity index (χ2n) is 10.2. The number of nitrogens with zero attached hydrogens (tertiary/aromatic N) is 2. The summed E-state index contributed by atoms with van der Waals surface area (Å²) in [7, 11) is 6.59. The van der Waals surface area contributed by atoms with E-state index >= 15 is 0 Å². The number of Topliss-reactive ketones (excluding diaryl/α,β-unsaturated/α-hetero) is 2. The first kappa shape index (κ1) is 26.9. The number of nitrogens with one attached hydrogen (secondary N) is 1. The van der Waals surface area contributed by atoms with E-state index < -0.39 is 69.8 Å². The van der Waals surface area contributed by atoms with Gasteiger partial charge in [-0.25, -0.2) is 0 Å². The number of benzene rings is 1. The van der Waals surface area contributed by atoms with Crippen LogP contribution in [0, 0.1) is 17.8 Å². The predicted octanol–water partition coefficient (Wildman–Crippen LogP) is -0.0343. The molecule has 3 aliphatic carbocycles. The maximum absolute atomic E-state index is 13.9. The number of fused-ring (bicyclic) bond motifs is 3. The Morgan fingerprint density at radius 2 is 1.81 bits per heavy atom. The van der Waals surface area contributed by atoms with Gasteiger partial charge in [-0.15, -0.1) is 0 Å². The van der Waals surface area contributed by atoms with Gasteiger partial charge in [0.05, 0.1) is 17.4 Å². The summed E-state index contributed by atoms with van der Waals surface area (Å²) >= 11 is 5.43. The summed E-state index contributed by atoms with van der Waals surface area (Å²) in [5.74, 6) is -8.39. The molecule has 2 amide bonds. The van der Waals surface area contributed by atoms with Gasteiger partial charge in [0.15, 0.2) is 17.1 Å². The highest BCUT2D eigenvalue weighted by Gasteiger charge is 2.67. The molecule has 2 fully saturated rings. The zero-order valence-electron chi connectivity index (χ0n) is 20.6. The molecule has 4 unspecified atom stereocenters. The molecule has 2 saturated carbocycles. The summed E-state index contributed by atoms with van der Waals surface area (Å²) in [6, 6.07) is 0.499. The van der Waals surface area contributed by atoms with Crippen molar-refractivity contribution < 1.29 is 39.6 Å². The smallest absolute Gasteiger partial charge is 0.318 e. The molecular weight excluding hydrogens is 508 g/mol. The van der Waals surface area contributed by atoms with Crippen LogP contribution in [-0.2, 0) is 20.8 Å². The Labute approximate surface area is 217 Å². The highest BCUT2D eigenvalue weighted by molar-refractivity contribution is 6.65. The van der Waals surface area contributed by atoms with Crippen molar-refractivity contribution in [1.82, 2.24) is 4.90 Å². The number of amides is 2. The second kappa shape index (κ2) is 8.98. The van der Waals surface area contributed by atoms with Crippen molar-refractivity contribution in [3.05, 3.63) is 22.8 Å². The zero-order chi connectivity index (χ0) is 27.7. The van der Waals surface area contributed by atoms with Crippen LogP contribution >= 0.6 is 11.6 Å². The molecule has 0 radical (unpaired) electrons. The number of ketones is 2. The van der Waals surface area contributed by atoms with Crippen molar-refractivity contribution in [2.24, 2.45) is 23.5 Å². The van der Waals surface area contributed by atoms with E-state index in [0.717, 1.165) is 0 Å². The maximum atomic E-state index is 13.9. The van der Waals surface area contributed by atoms with Gasteiger partial charge in [-0.2, -0.15) is 0 Å². The van der Waals surface area contributed by atoms with Crippen molar-refractivity contribution in [2.75, 3.05) is 38.4 Å². The molecule has 0 heterocycles. The third-order valence-corrected chi connectivity index (χ3v) is 7.87. The Kier molecular flexibility index (Phi) is 6.52. The number of likely N-dealkylation sites (N-methyl/N-ethyl adjacent to an activating group) is 1. The molecule has 0 aromatic heterocycles. The molecule has 12 nitrogen and oxygen atoms in total. The fraction of sp³-hybridized carbons (Fsp3) is 0.500. The van der Waals surface area contributed by atoms with Crippen molar-refractivity contribution in [1.29, 1.82) is 0 Å². The largest absolute Gasteiger partial charge is 0.507 e. The summed E-state index contributed by atoms with van der Waals surface area (Å²) in [6.07, 6.45) is -1.42. The van der Waals surface area contributed by atoms with Crippen LogP contribution in [0.2, 0.25) is 0 Å². The Bertz CT molecular complexity index is 1260. The monoisotopic (exact) mass is 536 g/mol. The molecule has 1 aromatic carbocycles. The Morgan fingerprint density at radius 1 is 1.19 bits per heavy atom. The van der Waals surface area contributed by atoms with Crippen molar-refractivity contribution in [3.63, 3.8) is 0 Å². The van der Waals surface area contributed by atoms with Gasteiger partial charge in [0, 0.05) is 37.3 Å². The lowest BCUT2D eigenvalue weighted by molar-refractivity contribution is -0.184. The Balaban J connectivity index is 1.96. The van der Waals surface area contributed by atoms with Crippen LogP contribution in [0.3, 0.4) is 0 Å². The van der Waals surface area contributed by atoms with Crippen molar-refractivity contribution >= 4 is 51.6 Å². The number of hydrogen-bond acceptors (Lipinski definition) is 10. The third-order valence-electron chi connectivity index (χ3n) is 7.78. The highest BCUT2D eigenvalue weighted by Crippen LogP contribution is 2.54. The lowest BCUT2D eigenvalue weighted by Gasteiger charge is -2.53. The number of rotatable bonds is 4. The minimum absolute atomic E-state index is 0.00595. The van der Waals surface area contributed by atoms with Gasteiger partial charge in [-0.05, 0) is 56.1 Å². The summed E-state index contributed by atoms with van der Waals surface area (Å²) in [5, 5.41) is 46.1. The summed E-state index contributed by atoms with van der Waals surface area (Å²) in [6.45, 7) is 0. The number of aliphatic hydroxyl groups is 3. The van der Waals surface area contributed by atoms with E-state index in [4.69, 9.17) is 17.3 Å². The van der Waals surface area contributed by atoms with Crippen LogP contribution in [0.15, 0.2) is 11.6 Å². The number of carbonyl (C=O) groups excluding carboxylic acids is 4. The summed E-state index contributed by atoms with van der Waals surface area (Å²) in [5.41, 5.74) is 3.07. The molecule has 3 aliphatic rings. The third kappa shape index (κ3) is 3.78. The fourth-order valence-electron chi connectivity index (χ4n) is 6.25. The molecule has 7 N–H and O–H groups in total. The lowest BCUT2D eigenvalue weighted by Crippen LogP contribution is -2.73. The van der Waals surface area contributed by atoms with Gasteiger partial charge in [0.1, 0.15) is 11.7 Å². The molecule has 4 rings (SSSR count). The normalized spacial score (nSPS) is 31.0. The van der Waals surface area contributed by atoms with Gasteiger partial charge in [0.2, 0.25) is 11.7 Å². The molecular formula is C24H29ClN4O8. The molecule has 0 spiro atoms. The number of nitrogens with two attached hydrogens (primary N) is 1. The average Bonchev–Trinajstić information content (AvgIpc) is 2.77. The van der Waals surface area contributed by atoms with E-state index in [1.165, 1.54) is 11.0 Å². The van der Waals surface area contributed by atoms with E-state index in [9.17, 15) is 39.6 Å². The lowest BCUT2D eigenvalue weighted by atomic mass is 9.54. The quantitative estimate of drug-likeness (QED) is 0.132. The van der Waals surface area contributed by atoms with Gasteiger partial charge in [0.25, 0.3) is 0 Å². The van der Waals surface area contributed by atoms with Crippen LogP contribution in [-0.4, -0.2) is 94.1 Å². The topological polar surface area (TPSA) is 194 Å². The van der Waals surface area contributed by atoms with E-state index in [1.807, 2.05) is 0 Å². The summed E-state index contributed by atoms with van der Waals surface area (Å²) < 4.78 is 0. The van der Waals surface area contributed by atoms with E-state index in [-0.39, 0.29) is 29.7 Å². The number of phenolic OH excluding ortho intramolecular Hbond substituents is 1. The number of primary amides is 1. The minimum Gasteiger partial charge on any atom is -0.507 e. The number of halogens is 1. The zero-order valence-corrected chi connectivity index (χ0v) is 21.4. The van der Waals surface area contributed by atoms with Crippen LogP contribution in [0.1, 0.15) is 17.5 Å². The van der Waals surface area contributed by atoms with Gasteiger partial charge < -0.3 is 41.3 Å². The maximum Gasteiger partial charge on any atom is 0.318 e. The first-order chi connectivity index (χ1) is 17.1. The molecule has 37 heavy (non-hydrogen) atoms. The van der Waals surface area contributed by atoms with Gasteiger partial charge >= 0.3 is 5.37 Å². The van der Waals surface area contributed by atoms with Crippen LogP contribution in [0.4, 0.5) is 16.2 Å². The average molecular weight is 537 g/mol. The molecule has 6 atom stereocenters. The molecule has 0 bridgehead atoms. The standard InChI is InChI=1S/C24H29ClN4O8/c1-28(2)12-7-11(27-23(25)36)17(30)14-9(12)5-8-6-10-16(29(3)4)19(32)15(22(26)35)21(34)24(10,37)20(33)13(8)18(14)31/h7-8,10,15-16,19,30-32,37H,5-6H2,1-4H3,(H2,26,35)(H,27,36)/t8?,10?,15?,16-,19?,24-/m1/s1. The molecule has 0 aliphatic heterocycles. The molecule has 1 aromatic rings. The fourth-order valence-corrected chi connectivity index (χ4v) is 6.35. The summed E-state index contributed by atoms with van der Waals surface area (Å²) in [4.78, 5) is 54.0. The molecule has 0 saturated heterocycles. The van der Waals surface area contributed by atoms with Gasteiger partial charge in [-0.1, -0.05) is 0 Å². The molecule has 13 heteroatoms. The van der Waals surface area contributed by atoms with Crippen molar-refractivity contribution in [3.8, 4) is 5.75 Å². The predicted molar refractivity (Wildman–Crippen MR) is 133 cm³/mol. The van der Waals surface area contributed by atoms with E-state index in [2.05, 4.69) is 5.32 Å². The first-order valence-electron chi connectivity index (χ1n) is 11.6. The number of hydrogen-bond donors (Lipinski definition) is 6. The van der Waals surface area contributed by atoms with E-state index in [1.54, 1.807) is 33.1 Å². The van der Waals surface area contributed by atoms with Crippen LogP contribution in [0.5, 0.6) is 5.75 Å². The second-order valence-corrected chi connectivity index (χ2v) is 10.6. The SMILES string of the molecule is CN(C)c1cc(NC(=O)Cl)c(O)c2c1CC1CC3[C@@H](N(C)C)C(O)C(C(N)=O)C(=O)[C@]3(O)C(=O)C1=C2O. The first-order valence-corrected chi connectivity index (χ1v) is 11.9. The van der Waals surface area contributed by atoms with Crippen LogP contribution in [0.25, 0.3) is 5.76 Å². The van der Waals surface area contributed by atoms with Crippen LogP contribution < -0.4 is 16.0 Å². The van der Waals surface area contributed by atoms with Gasteiger partial charge in [-0.3, -0.25) is 19.2 Å². The Morgan fingerprint density at radius 3 is 2.32 bits per heavy atom. The molecule has 200 valence electrons. The number of carbonyl (C=O) groups is 4. The minimum atomic E-state index is -2.74. The van der Waals surface area contributed by atoms with Crippen molar-refractivity contribution in [2.45, 2.75) is 30.6 Å². The Hall–Kier alpha value is -3.19. The highest BCUT2D eigenvalue weighted by atomic mass is 35.5. The number of anilines is 2. The number of phenols is 1. The van der Waals surface area contributed by atoms with E-state index in [0.29, 0.717) is 11.3 Å².